The molecule has 0 spiro atoms. The van der Waals surface area contributed by atoms with Gasteiger partial charge in [-0.05, 0) is 44.9 Å². The van der Waals surface area contributed by atoms with Gasteiger partial charge in [0.2, 0.25) is 0 Å². The first kappa shape index (κ1) is 23.5. The quantitative estimate of drug-likeness (QED) is 0.408. The molecule has 0 aliphatic rings. The molecule has 8 nitrogen and oxygen atoms in total. The number of aliphatic imine (C=N–C) groups is 1. The zero-order valence-electron chi connectivity index (χ0n) is 18.9. The Morgan fingerprint density at radius 1 is 1.13 bits per heavy atom. The maximum Gasteiger partial charge on any atom is 0.191 e. The van der Waals surface area contributed by atoms with Crippen LogP contribution in [0.15, 0.2) is 29.5 Å². The fraction of sp³-hybridized carbons (Fsp3) is 0.591. The Hall–Kier alpha value is -2.77. The molecule has 1 heterocycles. The summed E-state index contributed by atoms with van der Waals surface area (Å²) < 4.78 is 13.5. The van der Waals surface area contributed by atoms with Crippen LogP contribution < -0.4 is 20.1 Å². The topological polar surface area (TPSA) is 85.6 Å². The minimum Gasteiger partial charge on any atom is -0.490 e. The maximum atomic E-state index is 5.77. The Kier molecular flexibility index (Phi) is 9.97. The lowest BCUT2D eigenvalue weighted by atomic mass is 10.1. The van der Waals surface area contributed by atoms with Gasteiger partial charge in [0.15, 0.2) is 17.5 Å². The van der Waals surface area contributed by atoms with E-state index in [2.05, 4.69) is 57.2 Å². The van der Waals surface area contributed by atoms with E-state index in [1.807, 2.05) is 26.0 Å². The lowest BCUT2D eigenvalue weighted by Gasteiger charge is -2.20. The average Bonchev–Trinajstić information content (AvgIpc) is 3.20. The van der Waals surface area contributed by atoms with Crippen molar-refractivity contribution in [1.82, 2.24) is 25.4 Å². The molecule has 0 aliphatic heterocycles. The van der Waals surface area contributed by atoms with Crippen LogP contribution >= 0.6 is 0 Å². The smallest absolute Gasteiger partial charge is 0.191 e. The summed E-state index contributed by atoms with van der Waals surface area (Å²) in [5.41, 5.74) is 1.11. The van der Waals surface area contributed by atoms with Gasteiger partial charge < -0.3 is 24.7 Å². The van der Waals surface area contributed by atoms with Crippen LogP contribution in [0.25, 0.3) is 0 Å². The standard InChI is InChI=1S/C22H36N6O2/c1-6-12-23-22(24-13-14-28-16-25-27-21(28)7-2)26-17(5)18-10-11-19(29-8-3)20(15-18)30-9-4/h10-11,15-17H,6-9,12-14H2,1-5H3,(H2,23,24,26). The summed E-state index contributed by atoms with van der Waals surface area (Å²) in [5, 5.41) is 15.0. The van der Waals surface area contributed by atoms with Gasteiger partial charge in [-0.25, -0.2) is 0 Å². The third-order valence-corrected chi connectivity index (χ3v) is 4.57. The van der Waals surface area contributed by atoms with Crippen molar-refractivity contribution >= 4 is 5.96 Å². The van der Waals surface area contributed by atoms with E-state index in [0.717, 1.165) is 61.3 Å². The van der Waals surface area contributed by atoms with Gasteiger partial charge in [0, 0.05) is 26.1 Å². The number of aryl methyl sites for hydroxylation is 1. The molecule has 0 radical (unpaired) electrons. The third kappa shape index (κ3) is 6.93. The van der Waals surface area contributed by atoms with E-state index in [-0.39, 0.29) is 6.04 Å². The molecular formula is C22H36N6O2. The molecular weight excluding hydrogens is 380 g/mol. The largest absolute Gasteiger partial charge is 0.490 e. The summed E-state index contributed by atoms with van der Waals surface area (Å²) in [4.78, 5) is 4.67. The number of ether oxygens (including phenoxy) is 2. The summed E-state index contributed by atoms with van der Waals surface area (Å²) >= 11 is 0. The molecule has 2 N–H and O–H groups in total. The lowest BCUT2D eigenvalue weighted by molar-refractivity contribution is 0.287. The molecule has 0 saturated carbocycles. The molecule has 1 atom stereocenters. The van der Waals surface area contributed by atoms with Crippen molar-refractivity contribution in [2.75, 3.05) is 26.3 Å². The van der Waals surface area contributed by atoms with Crippen LogP contribution in [-0.4, -0.2) is 47.0 Å². The first-order valence-corrected chi connectivity index (χ1v) is 10.9. The van der Waals surface area contributed by atoms with Gasteiger partial charge in [-0.15, -0.1) is 10.2 Å². The van der Waals surface area contributed by atoms with Crippen molar-refractivity contribution < 1.29 is 9.47 Å². The van der Waals surface area contributed by atoms with Crippen LogP contribution in [0, 0.1) is 0 Å². The molecule has 8 heteroatoms. The minimum absolute atomic E-state index is 0.0594. The molecule has 0 bridgehead atoms. The van der Waals surface area contributed by atoms with E-state index in [1.54, 1.807) is 6.33 Å². The number of guanidine groups is 1. The summed E-state index contributed by atoms with van der Waals surface area (Å²) in [5.74, 6) is 3.32. The fourth-order valence-electron chi connectivity index (χ4n) is 3.04. The van der Waals surface area contributed by atoms with Crippen LogP contribution in [0.1, 0.15) is 58.5 Å². The van der Waals surface area contributed by atoms with Crippen LogP contribution in [0.2, 0.25) is 0 Å². The second-order valence-electron chi connectivity index (χ2n) is 6.89. The highest BCUT2D eigenvalue weighted by Crippen LogP contribution is 2.30. The molecule has 0 saturated heterocycles. The Labute approximate surface area is 180 Å². The molecule has 0 fully saturated rings. The highest BCUT2D eigenvalue weighted by Gasteiger charge is 2.13. The van der Waals surface area contributed by atoms with E-state index < -0.39 is 0 Å². The van der Waals surface area contributed by atoms with E-state index in [0.29, 0.717) is 13.2 Å². The fourth-order valence-corrected chi connectivity index (χ4v) is 3.04. The van der Waals surface area contributed by atoms with E-state index in [4.69, 9.17) is 9.47 Å². The van der Waals surface area contributed by atoms with Gasteiger partial charge in [-0.1, -0.05) is 19.9 Å². The Morgan fingerprint density at radius 2 is 1.90 bits per heavy atom. The monoisotopic (exact) mass is 416 g/mol. The molecule has 1 aromatic carbocycles. The number of nitrogens with zero attached hydrogens (tertiary/aromatic N) is 4. The molecule has 0 aliphatic carbocycles. The SMILES string of the molecule is CCCN=C(NCCn1cnnc1CC)NC(C)c1ccc(OCC)c(OCC)c1. The molecule has 30 heavy (non-hydrogen) atoms. The third-order valence-electron chi connectivity index (χ3n) is 4.57. The number of hydrogen-bond donors (Lipinski definition) is 2. The lowest BCUT2D eigenvalue weighted by Crippen LogP contribution is -2.40. The van der Waals surface area contributed by atoms with Gasteiger partial charge in [-0.3, -0.25) is 4.99 Å². The second-order valence-corrected chi connectivity index (χ2v) is 6.89. The highest BCUT2D eigenvalue weighted by atomic mass is 16.5. The maximum absolute atomic E-state index is 5.77. The van der Waals surface area contributed by atoms with Gasteiger partial charge in [0.05, 0.1) is 19.3 Å². The minimum atomic E-state index is 0.0594. The van der Waals surface area contributed by atoms with Gasteiger partial charge in [-0.2, -0.15) is 0 Å². The van der Waals surface area contributed by atoms with Crippen LogP contribution in [0.5, 0.6) is 11.5 Å². The highest BCUT2D eigenvalue weighted by molar-refractivity contribution is 5.80. The van der Waals surface area contributed by atoms with Crippen molar-refractivity contribution in [3.8, 4) is 11.5 Å². The molecule has 1 unspecified atom stereocenters. The van der Waals surface area contributed by atoms with Crippen molar-refractivity contribution in [1.29, 1.82) is 0 Å². The number of rotatable bonds is 12. The second kappa shape index (κ2) is 12.7. The first-order chi connectivity index (χ1) is 14.6. The summed E-state index contributed by atoms with van der Waals surface area (Å²) in [6, 6.07) is 6.13. The van der Waals surface area contributed by atoms with Crippen LogP contribution in [-0.2, 0) is 13.0 Å². The van der Waals surface area contributed by atoms with Gasteiger partial charge >= 0.3 is 0 Å². The number of aromatic nitrogens is 3. The van der Waals surface area contributed by atoms with Crippen molar-refractivity contribution in [2.45, 2.75) is 60.0 Å². The zero-order valence-corrected chi connectivity index (χ0v) is 18.9. The molecule has 0 amide bonds. The van der Waals surface area contributed by atoms with Gasteiger partial charge in [0.1, 0.15) is 12.2 Å². The Morgan fingerprint density at radius 3 is 2.60 bits per heavy atom. The molecule has 1 aromatic heterocycles. The summed E-state index contributed by atoms with van der Waals surface area (Å²) in [6.07, 6.45) is 3.63. The predicted molar refractivity (Wildman–Crippen MR) is 120 cm³/mol. The zero-order chi connectivity index (χ0) is 21.8. The number of hydrogen-bond acceptors (Lipinski definition) is 5. The van der Waals surface area contributed by atoms with Crippen molar-refractivity contribution in [3.05, 3.63) is 35.9 Å². The summed E-state index contributed by atoms with van der Waals surface area (Å²) in [6.45, 7) is 13.8. The molecule has 2 aromatic rings. The van der Waals surface area contributed by atoms with Crippen LogP contribution in [0.3, 0.4) is 0 Å². The van der Waals surface area contributed by atoms with Crippen molar-refractivity contribution in [3.63, 3.8) is 0 Å². The normalized spacial score (nSPS) is 12.5. The first-order valence-electron chi connectivity index (χ1n) is 10.9. The Balaban J connectivity index is 2.03. The van der Waals surface area contributed by atoms with E-state index in [1.165, 1.54) is 0 Å². The predicted octanol–water partition coefficient (Wildman–Crippen LogP) is 3.34. The van der Waals surface area contributed by atoms with Crippen LogP contribution in [0.4, 0.5) is 0 Å². The van der Waals surface area contributed by atoms with Crippen molar-refractivity contribution in [2.24, 2.45) is 4.99 Å². The Bertz CT molecular complexity index is 790. The van der Waals surface area contributed by atoms with Gasteiger partial charge in [0.25, 0.3) is 0 Å². The average molecular weight is 417 g/mol. The molecule has 2 rings (SSSR count). The van der Waals surface area contributed by atoms with E-state index >= 15 is 0 Å². The van der Waals surface area contributed by atoms with E-state index in [9.17, 15) is 0 Å². The molecule has 166 valence electrons. The number of benzene rings is 1. The number of nitrogens with one attached hydrogen (secondary N) is 2. The summed E-state index contributed by atoms with van der Waals surface area (Å²) in [7, 11) is 0.